The van der Waals surface area contributed by atoms with Crippen LogP contribution in [0.2, 0.25) is 0 Å². The van der Waals surface area contributed by atoms with E-state index >= 15 is 0 Å². The largest absolute Gasteiger partial charge is 0.121 e. The van der Waals surface area contributed by atoms with E-state index < -0.39 is 0 Å². The van der Waals surface area contributed by atoms with Crippen molar-refractivity contribution >= 4 is 23.2 Å². The Hall–Kier alpha value is 0.580. The lowest BCUT2D eigenvalue weighted by Crippen LogP contribution is -2.22. The van der Waals surface area contributed by atoms with Crippen molar-refractivity contribution in [3.63, 3.8) is 0 Å². The number of hydrogen-bond acceptors (Lipinski definition) is 0. The van der Waals surface area contributed by atoms with Crippen LogP contribution in [0.25, 0.3) is 0 Å². The molecule has 4 atom stereocenters. The first kappa shape index (κ1) is 6.30. The quantitative estimate of drug-likeness (QED) is 0.484. The van der Waals surface area contributed by atoms with Gasteiger partial charge >= 0.3 is 0 Å². The van der Waals surface area contributed by atoms with Crippen molar-refractivity contribution in [2.45, 2.75) is 30.0 Å². The van der Waals surface area contributed by atoms with Gasteiger partial charge in [-0.25, -0.2) is 0 Å². The third kappa shape index (κ3) is 0.798. The van der Waals surface area contributed by atoms with Gasteiger partial charge in [-0.15, -0.1) is 23.2 Å². The van der Waals surface area contributed by atoms with E-state index in [9.17, 15) is 0 Å². The topological polar surface area (TPSA) is 0 Å². The molecule has 9 heavy (non-hydrogen) atoms. The fourth-order valence-corrected chi connectivity index (χ4v) is 3.02. The SMILES string of the molecule is Cl[C@H]1[C@@H]2CC[C@@H](C2)[C@@H]1Cl. The maximum atomic E-state index is 6.03. The Kier molecular flexibility index (Phi) is 1.42. The summed E-state index contributed by atoms with van der Waals surface area (Å²) in [7, 11) is 0. The van der Waals surface area contributed by atoms with Gasteiger partial charge in [0.05, 0.1) is 10.8 Å². The summed E-state index contributed by atoms with van der Waals surface area (Å²) in [6.07, 6.45) is 3.94. The summed E-state index contributed by atoms with van der Waals surface area (Å²) in [5, 5.41) is 0.566. The normalized spacial score (nSPS) is 56.7. The van der Waals surface area contributed by atoms with Crippen molar-refractivity contribution < 1.29 is 0 Å². The second-order valence-corrected chi connectivity index (χ2v) is 4.23. The Morgan fingerprint density at radius 3 is 1.56 bits per heavy atom. The number of rotatable bonds is 0. The maximum absolute atomic E-state index is 6.03. The highest BCUT2D eigenvalue weighted by molar-refractivity contribution is 6.30. The zero-order valence-electron chi connectivity index (χ0n) is 5.19. The van der Waals surface area contributed by atoms with Crippen molar-refractivity contribution in [2.75, 3.05) is 0 Å². The Morgan fingerprint density at radius 2 is 1.33 bits per heavy atom. The number of hydrogen-bond donors (Lipinski definition) is 0. The monoisotopic (exact) mass is 164 g/mol. The molecule has 0 heterocycles. The number of alkyl halides is 2. The molecule has 0 N–H and O–H groups in total. The molecule has 2 saturated carbocycles. The van der Waals surface area contributed by atoms with Gasteiger partial charge in [-0.1, -0.05) is 0 Å². The molecule has 0 aromatic heterocycles. The highest BCUT2D eigenvalue weighted by atomic mass is 35.5. The fraction of sp³-hybridized carbons (Fsp3) is 1.00. The smallest absolute Gasteiger partial charge is 0.0530 e. The average molecular weight is 165 g/mol. The maximum Gasteiger partial charge on any atom is 0.0530 e. The second kappa shape index (κ2) is 2.03. The van der Waals surface area contributed by atoms with Gasteiger partial charge in [-0.2, -0.15) is 0 Å². The van der Waals surface area contributed by atoms with Gasteiger partial charge in [-0.3, -0.25) is 0 Å². The van der Waals surface area contributed by atoms with Crippen molar-refractivity contribution in [3.05, 3.63) is 0 Å². The molecule has 2 fully saturated rings. The van der Waals surface area contributed by atoms with Crippen LogP contribution in [-0.4, -0.2) is 10.8 Å². The zero-order valence-corrected chi connectivity index (χ0v) is 6.70. The summed E-state index contributed by atoms with van der Waals surface area (Å²) >= 11 is 12.1. The third-order valence-corrected chi connectivity index (χ3v) is 4.10. The van der Waals surface area contributed by atoms with E-state index in [0.29, 0.717) is 0 Å². The van der Waals surface area contributed by atoms with Gasteiger partial charge in [0.2, 0.25) is 0 Å². The number of halogens is 2. The number of fused-ring (bicyclic) bond motifs is 2. The molecule has 2 aliphatic carbocycles. The lowest BCUT2D eigenvalue weighted by molar-refractivity contribution is 0.494. The highest BCUT2D eigenvalue weighted by Gasteiger charge is 2.45. The van der Waals surface area contributed by atoms with Crippen LogP contribution < -0.4 is 0 Å². The van der Waals surface area contributed by atoms with E-state index in [1.54, 1.807) is 0 Å². The molecule has 0 aliphatic heterocycles. The third-order valence-electron chi connectivity index (χ3n) is 2.72. The summed E-state index contributed by atoms with van der Waals surface area (Å²) in [5.74, 6) is 1.50. The summed E-state index contributed by atoms with van der Waals surface area (Å²) < 4.78 is 0. The molecular formula is C7H10Cl2. The molecule has 0 aromatic rings. The van der Waals surface area contributed by atoms with Gasteiger partial charge in [0, 0.05) is 0 Å². The molecule has 0 saturated heterocycles. The Labute approximate surface area is 65.5 Å². The molecule has 2 bridgehead atoms. The molecule has 2 rings (SSSR count). The Balaban J connectivity index is 2.15. The van der Waals surface area contributed by atoms with Crippen LogP contribution in [0.5, 0.6) is 0 Å². The second-order valence-electron chi connectivity index (χ2n) is 3.22. The minimum atomic E-state index is 0.283. The van der Waals surface area contributed by atoms with E-state index in [4.69, 9.17) is 23.2 Å². The van der Waals surface area contributed by atoms with Gasteiger partial charge in [0.1, 0.15) is 0 Å². The predicted molar refractivity (Wildman–Crippen MR) is 40.1 cm³/mol. The lowest BCUT2D eigenvalue weighted by Gasteiger charge is -2.20. The first-order valence-corrected chi connectivity index (χ1v) is 4.44. The molecule has 0 nitrogen and oxygen atoms in total. The minimum Gasteiger partial charge on any atom is -0.121 e. The van der Waals surface area contributed by atoms with Gasteiger partial charge in [-0.05, 0) is 31.1 Å². The van der Waals surface area contributed by atoms with Crippen LogP contribution in [0.1, 0.15) is 19.3 Å². The molecule has 0 aromatic carbocycles. The van der Waals surface area contributed by atoms with Gasteiger partial charge < -0.3 is 0 Å². The highest BCUT2D eigenvalue weighted by Crippen LogP contribution is 2.49. The zero-order chi connectivity index (χ0) is 6.43. The average Bonchev–Trinajstić information content (AvgIpc) is 2.37. The summed E-state index contributed by atoms with van der Waals surface area (Å²) in [4.78, 5) is 0. The van der Waals surface area contributed by atoms with Crippen LogP contribution in [0.15, 0.2) is 0 Å². The molecule has 0 spiro atoms. The van der Waals surface area contributed by atoms with Crippen molar-refractivity contribution in [1.29, 1.82) is 0 Å². The van der Waals surface area contributed by atoms with E-state index in [2.05, 4.69) is 0 Å². The first-order chi connectivity index (χ1) is 4.29. The van der Waals surface area contributed by atoms with E-state index in [0.717, 1.165) is 11.8 Å². The lowest BCUT2D eigenvalue weighted by atomic mass is 10.00. The Bertz CT molecular complexity index is 106. The molecule has 0 radical (unpaired) electrons. The fourth-order valence-electron chi connectivity index (χ4n) is 2.15. The molecule has 2 heteroatoms. The van der Waals surface area contributed by atoms with E-state index in [1.165, 1.54) is 19.3 Å². The van der Waals surface area contributed by atoms with Gasteiger partial charge in [0.25, 0.3) is 0 Å². The van der Waals surface area contributed by atoms with Crippen LogP contribution in [0.3, 0.4) is 0 Å². The van der Waals surface area contributed by atoms with E-state index in [1.807, 2.05) is 0 Å². The van der Waals surface area contributed by atoms with Crippen molar-refractivity contribution in [1.82, 2.24) is 0 Å². The van der Waals surface area contributed by atoms with E-state index in [-0.39, 0.29) is 10.8 Å². The van der Waals surface area contributed by atoms with Crippen LogP contribution >= 0.6 is 23.2 Å². The first-order valence-electron chi connectivity index (χ1n) is 3.57. The standard InChI is InChI=1S/C7H10Cl2/c8-6-4-1-2-5(3-4)7(6)9/h4-7H,1-3H2/t4-,5+,6-,7-/m0/s1. The van der Waals surface area contributed by atoms with Crippen LogP contribution in [0, 0.1) is 11.8 Å². The molecular weight excluding hydrogens is 155 g/mol. The predicted octanol–water partition coefficient (Wildman–Crippen LogP) is 2.63. The van der Waals surface area contributed by atoms with Crippen LogP contribution in [0.4, 0.5) is 0 Å². The van der Waals surface area contributed by atoms with Crippen molar-refractivity contribution in [2.24, 2.45) is 11.8 Å². The Morgan fingerprint density at radius 1 is 0.889 bits per heavy atom. The van der Waals surface area contributed by atoms with Crippen LogP contribution in [-0.2, 0) is 0 Å². The molecule has 52 valence electrons. The minimum absolute atomic E-state index is 0.283. The van der Waals surface area contributed by atoms with Crippen molar-refractivity contribution in [3.8, 4) is 0 Å². The summed E-state index contributed by atoms with van der Waals surface area (Å²) in [5.41, 5.74) is 0. The molecule has 0 unspecified atom stereocenters. The van der Waals surface area contributed by atoms with Gasteiger partial charge in [0.15, 0.2) is 0 Å². The summed E-state index contributed by atoms with van der Waals surface area (Å²) in [6, 6.07) is 0. The molecule has 0 amide bonds. The summed E-state index contributed by atoms with van der Waals surface area (Å²) in [6.45, 7) is 0. The molecule has 2 aliphatic rings.